The van der Waals surface area contributed by atoms with Crippen LogP contribution in [0.25, 0.3) is 5.69 Å². The molecule has 1 aromatic heterocycles. The van der Waals surface area contributed by atoms with Crippen molar-refractivity contribution in [2.24, 2.45) is 0 Å². The lowest BCUT2D eigenvalue weighted by molar-refractivity contribution is 0.597. The summed E-state index contributed by atoms with van der Waals surface area (Å²) in [6.45, 7) is 9.62. The molecular formula is C16H23N3. The Bertz CT molecular complexity index is 528. The summed E-state index contributed by atoms with van der Waals surface area (Å²) in [7, 11) is 0. The van der Waals surface area contributed by atoms with Crippen LogP contribution in [0, 0.1) is 0 Å². The molecule has 0 saturated carbocycles. The van der Waals surface area contributed by atoms with E-state index in [0.717, 1.165) is 17.9 Å². The Kier molecular flexibility index (Phi) is 4.38. The fraction of sp³-hybridized carbons (Fsp3) is 0.438. The van der Waals surface area contributed by atoms with E-state index in [1.54, 1.807) is 0 Å². The highest BCUT2D eigenvalue weighted by Crippen LogP contribution is 2.18. The molecule has 0 aliphatic carbocycles. The number of nitrogens with one attached hydrogen (secondary N) is 1. The van der Waals surface area contributed by atoms with Crippen molar-refractivity contribution < 1.29 is 0 Å². The van der Waals surface area contributed by atoms with Crippen LogP contribution in [0.1, 0.15) is 50.9 Å². The van der Waals surface area contributed by atoms with Crippen molar-refractivity contribution in [3.63, 3.8) is 0 Å². The van der Waals surface area contributed by atoms with Gasteiger partial charge >= 0.3 is 0 Å². The maximum absolute atomic E-state index is 4.62. The fourth-order valence-corrected chi connectivity index (χ4v) is 2.15. The van der Waals surface area contributed by atoms with Crippen LogP contribution in [0.3, 0.4) is 0 Å². The molecule has 1 atom stereocenters. The molecule has 3 heteroatoms. The molecule has 0 bridgehead atoms. The van der Waals surface area contributed by atoms with Gasteiger partial charge in [-0.1, -0.05) is 32.9 Å². The minimum atomic E-state index is 0.366. The van der Waals surface area contributed by atoms with Crippen molar-refractivity contribution in [3.8, 4) is 5.69 Å². The number of nitrogens with zero attached hydrogens (tertiary/aromatic N) is 2. The molecule has 0 amide bonds. The maximum atomic E-state index is 4.62. The quantitative estimate of drug-likeness (QED) is 0.885. The molecule has 0 aliphatic rings. The first-order chi connectivity index (χ1) is 9.11. The molecule has 3 nitrogen and oxygen atoms in total. The third kappa shape index (κ3) is 3.24. The van der Waals surface area contributed by atoms with Crippen LogP contribution in [0.4, 0.5) is 0 Å². The van der Waals surface area contributed by atoms with Crippen molar-refractivity contribution in [3.05, 3.63) is 47.8 Å². The Labute approximate surface area is 115 Å². The summed E-state index contributed by atoms with van der Waals surface area (Å²) in [6.07, 6.45) is 2.03. The van der Waals surface area contributed by atoms with Gasteiger partial charge in [-0.25, -0.2) is 4.68 Å². The van der Waals surface area contributed by atoms with Gasteiger partial charge in [0.2, 0.25) is 0 Å². The summed E-state index contributed by atoms with van der Waals surface area (Å²) in [6, 6.07) is 11.0. The third-order valence-electron chi connectivity index (χ3n) is 3.35. The van der Waals surface area contributed by atoms with Gasteiger partial charge in [0.1, 0.15) is 0 Å². The van der Waals surface area contributed by atoms with Gasteiger partial charge in [-0.3, -0.25) is 0 Å². The zero-order valence-corrected chi connectivity index (χ0v) is 12.2. The predicted octanol–water partition coefficient (Wildman–Crippen LogP) is 3.67. The van der Waals surface area contributed by atoms with Gasteiger partial charge in [0, 0.05) is 12.2 Å². The topological polar surface area (TPSA) is 29.9 Å². The fourth-order valence-electron chi connectivity index (χ4n) is 2.15. The lowest BCUT2D eigenvalue weighted by Gasteiger charge is -2.13. The second kappa shape index (κ2) is 6.02. The average Bonchev–Trinajstić information content (AvgIpc) is 2.89. The van der Waals surface area contributed by atoms with Gasteiger partial charge in [-0.15, -0.1) is 0 Å². The van der Waals surface area contributed by atoms with Crippen LogP contribution < -0.4 is 5.32 Å². The van der Waals surface area contributed by atoms with E-state index in [-0.39, 0.29) is 0 Å². The van der Waals surface area contributed by atoms with E-state index in [4.69, 9.17) is 0 Å². The van der Waals surface area contributed by atoms with Crippen molar-refractivity contribution in [1.29, 1.82) is 0 Å². The van der Waals surface area contributed by atoms with Gasteiger partial charge in [0.25, 0.3) is 0 Å². The van der Waals surface area contributed by atoms with E-state index < -0.39 is 0 Å². The summed E-state index contributed by atoms with van der Waals surface area (Å²) in [5.74, 6) is 0.463. The lowest BCUT2D eigenvalue weighted by atomic mass is 10.1. The summed E-state index contributed by atoms with van der Waals surface area (Å²) in [5, 5.41) is 8.06. The Balaban J connectivity index is 2.26. The Morgan fingerprint density at radius 3 is 2.63 bits per heavy atom. The van der Waals surface area contributed by atoms with E-state index in [1.165, 1.54) is 5.56 Å². The van der Waals surface area contributed by atoms with Crippen molar-refractivity contribution >= 4 is 0 Å². The van der Waals surface area contributed by atoms with E-state index >= 15 is 0 Å². The summed E-state index contributed by atoms with van der Waals surface area (Å²) in [4.78, 5) is 0. The average molecular weight is 257 g/mol. The Hall–Kier alpha value is -1.61. The summed E-state index contributed by atoms with van der Waals surface area (Å²) < 4.78 is 1.96. The number of aromatic nitrogens is 2. The molecule has 1 heterocycles. The molecule has 0 saturated heterocycles. The van der Waals surface area contributed by atoms with Crippen LogP contribution in [0.5, 0.6) is 0 Å². The first kappa shape index (κ1) is 13.8. The first-order valence-corrected chi connectivity index (χ1v) is 7.01. The molecule has 0 aliphatic heterocycles. The zero-order chi connectivity index (χ0) is 13.8. The largest absolute Gasteiger partial charge is 0.310 e. The SMILES string of the molecule is CCNC(C)c1cccc(-n2ccc(C(C)C)n2)c1. The number of rotatable bonds is 5. The Morgan fingerprint density at radius 2 is 2.00 bits per heavy atom. The number of hydrogen-bond donors (Lipinski definition) is 1. The minimum Gasteiger partial charge on any atom is -0.310 e. The van der Waals surface area contributed by atoms with Crippen molar-refractivity contribution in [1.82, 2.24) is 15.1 Å². The molecule has 102 valence electrons. The smallest absolute Gasteiger partial charge is 0.0654 e. The molecular weight excluding hydrogens is 234 g/mol. The van der Waals surface area contributed by atoms with Gasteiger partial charge in [-0.05, 0) is 43.1 Å². The molecule has 2 rings (SSSR count). The molecule has 0 spiro atoms. The van der Waals surface area contributed by atoms with E-state index in [1.807, 2.05) is 10.9 Å². The lowest BCUT2D eigenvalue weighted by Crippen LogP contribution is -2.17. The molecule has 2 aromatic rings. The summed E-state index contributed by atoms with van der Waals surface area (Å²) >= 11 is 0. The van der Waals surface area contributed by atoms with Crippen LogP contribution in [0.15, 0.2) is 36.5 Å². The Morgan fingerprint density at radius 1 is 1.21 bits per heavy atom. The van der Waals surface area contributed by atoms with E-state index in [0.29, 0.717) is 12.0 Å². The molecule has 1 N–H and O–H groups in total. The highest BCUT2D eigenvalue weighted by molar-refractivity contribution is 5.36. The van der Waals surface area contributed by atoms with E-state index in [2.05, 4.69) is 68.4 Å². The molecule has 0 fully saturated rings. The number of benzene rings is 1. The summed E-state index contributed by atoms with van der Waals surface area (Å²) in [5.41, 5.74) is 3.54. The second-order valence-electron chi connectivity index (χ2n) is 5.21. The van der Waals surface area contributed by atoms with Crippen LogP contribution >= 0.6 is 0 Å². The minimum absolute atomic E-state index is 0.366. The first-order valence-electron chi connectivity index (χ1n) is 7.01. The normalized spacial score (nSPS) is 12.9. The monoisotopic (exact) mass is 257 g/mol. The van der Waals surface area contributed by atoms with Crippen molar-refractivity contribution in [2.45, 2.75) is 39.7 Å². The third-order valence-corrected chi connectivity index (χ3v) is 3.35. The van der Waals surface area contributed by atoms with Crippen molar-refractivity contribution in [2.75, 3.05) is 6.54 Å². The molecule has 1 aromatic carbocycles. The van der Waals surface area contributed by atoms with Gasteiger partial charge in [-0.2, -0.15) is 5.10 Å². The predicted molar refractivity (Wildman–Crippen MR) is 79.7 cm³/mol. The zero-order valence-electron chi connectivity index (χ0n) is 12.2. The molecule has 1 unspecified atom stereocenters. The van der Waals surface area contributed by atoms with Gasteiger partial charge in [0.05, 0.1) is 11.4 Å². The standard InChI is InChI=1S/C16H23N3/c1-5-17-13(4)14-7-6-8-15(11-14)19-10-9-16(18-19)12(2)3/h6-13,17H,5H2,1-4H3. The molecule has 19 heavy (non-hydrogen) atoms. The highest BCUT2D eigenvalue weighted by Gasteiger charge is 2.07. The molecule has 0 radical (unpaired) electrons. The van der Waals surface area contributed by atoms with Crippen LogP contribution in [0.2, 0.25) is 0 Å². The highest BCUT2D eigenvalue weighted by atomic mass is 15.3. The van der Waals surface area contributed by atoms with Gasteiger partial charge in [0.15, 0.2) is 0 Å². The van der Waals surface area contributed by atoms with Crippen LogP contribution in [-0.4, -0.2) is 16.3 Å². The second-order valence-corrected chi connectivity index (χ2v) is 5.21. The van der Waals surface area contributed by atoms with E-state index in [9.17, 15) is 0 Å². The van der Waals surface area contributed by atoms with Gasteiger partial charge < -0.3 is 5.32 Å². The number of hydrogen-bond acceptors (Lipinski definition) is 2. The maximum Gasteiger partial charge on any atom is 0.0654 e. The van der Waals surface area contributed by atoms with Crippen LogP contribution in [-0.2, 0) is 0 Å².